The van der Waals surface area contributed by atoms with Gasteiger partial charge in [-0.1, -0.05) is 35.9 Å². The smallest absolute Gasteiger partial charge is 0.336 e. The number of esters is 1. The molecule has 7 heteroatoms. The van der Waals surface area contributed by atoms with Crippen molar-refractivity contribution in [1.82, 2.24) is 5.32 Å². The van der Waals surface area contributed by atoms with E-state index in [1.807, 2.05) is 43.3 Å². The first kappa shape index (κ1) is 24.0. The second kappa shape index (κ2) is 10.5. The van der Waals surface area contributed by atoms with Crippen molar-refractivity contribution in [3.63, 3.8) is 0 Å². The number of carbonyl (C=O) groups is 2. The average Bonchev–Trinajstić information content (AvgIpc) is 2.83. The van der Waals surface area contributed by atoms with Gasteiger partial charge in [0, 0.05) is 41.4 Å². The summed E-state index contributed by atoms with van der Waals surface area (Å²) in [6.07, 6.45) is 1.03. The molecule has 0 saturated heterocycles. The standard InChI is InChI=1S/C27H28ClNO5/c1-16-24(27(31)34-13-12-32-2)25(18-4-8-20(28)9-5-18)26-22(29-16)14-19(15-23(26)30)17-6-10-21(33-3)11-7-17/h4-11,19,25,29H,12-15H2,1-3H3/t19-,25-/m0/s1. The van der Waals surface area contributed by atoms with Crippen LogP contribution in [0.15, 0.2) is 71.1 Å². The van der Waals surface area contributed by atoms with Gasteiger partial charge in [-0.15, -0.1) is 0 Å². The van der Waals surface area contributed by atoms with Crippen molar-refractivity contribution in [2.24, 2.45) is 0 Å². The van der Waals surface area contributed by atoms with Crippen LogP contribution in [0, 0.1) is 0 Å². The molecule has 1 N–H and O–H groups in total. The highest BCUT2D eigenvalue weighted by molar-refractivity contribution is 6.30. The highest BCUT2D eigenvalue weighted by Gasteiger charge is 2.41. The third-order valence-electron chi connectivity index (χ3n) is 6.36. The van der Waals surface area contributed by atoms with Crippen molar-refractivity contribution in [2.45, 2.75) is 31.6 Å². The first-order chi connectivity index (χ1) is 16.4. The average molecular weight is 482 g/mol. The van der Waals surface area contributed by atoms with Gasteiger partial charge in [0.05, 0.1) is 19.3 Å². The van der Waals surface area contributed by atoms with E-state index in [0.29, 0.717) is 41.3 Å². The van der Waals surface area contributed by atoms with E-state index in [9.17, 15) is 9.59 Å². The molecule has 1 aliphatic carbocycles. The molecule has 0 bridgehead atoms. The Hall–Kier alpha value is -3.09. The molecule has 0 spiro atoms. The molecule has 2 aromatic carbocycles. The van der Waals surface area contributed by atoms with Gasteiger partial charge < -0.3 is 19.5 Å². The Bertz CT molecular complexity index is 1130. The van der Waals surface area contributed by atoms with Crippen LogP contribution in [0.25, 0.3) is 0 Å². The number of hydrogen-bond donors (Lipinski definition) is 1. The monoisotopic (exact) mass is 481 g/mol. The summed E-state index contributed by atoms with van der Waals surface area (Å²) in [7, 11) is 3.18. The van der Waals surface area contributed by atoms with Crippen LogP contribution < -0.4 is 10.1 Å². The van der Waals surface area contributed by atoms with Crippen molar-refractivity contribution in [1.29, 1.82) is 0 Å². The summed E-state index contributed by atoms with van der Waals surface area (Å²) in [5.74, 6) is -0.144. The molecule has 1 aliphatic heterocycles. The van der Waals surface area contributed by atoms with Gasteiger partial charge in [0.15, 0.2) is 5.78 Å². The van der Waals surface area contributed by atoms with Crippen LogP contribution in [0.3, 0.4) is 0 Å². The van der Waals surface area contributed by atoms with E-state index in [1.54, 1.807) is 26.4 Å². The Morgan fingerprint density at radius 3 is 2.32 bits per heavy atom. The van der Waals surface area contributed by atoms with Crippen molar-refractivity contribution < 1.29 is 23.8 Å². The third-order valence-corrected chi connectivity index (χ3v) is 6.61. The van der Waals surface area contributed by atoms with Gasteiger partial charge in [-0.2, -0.15) is 0 Å². The van der Waals surface area contributed by atoms with E-state index in [0.717, 1.165) is 22.6 Å². The van der Waals surface area contributed by atoms with Crippen LogP contribution in [-0.4, -0.2) is 39.2 Å². The summed E-state index contributed by atoms with van der Waals surface area (Å²) in [5, 5.41) is 3.95. The zero-order valence-electron chi connectivity index (χ0n) is 19.5. The molecule has 0 amide bonds. The molecule has 2 atom stereocenters. The fourth-order valence-electron chi connectivity index (χ4n) is 4.71. The Morgan fingerprint density at radius 2 is 1.68 bits per heavy atom. The number of dihydropyridines is 1. The highest BCUT2D eigenvalue weighted by atomic mass is 35.5. The third kappa shape index (κ3) is 4.88. The van der Waals surface area contributed by atoms with E-state index in [-0.39, 0.29) is 18.3 Å². The number of ketones is 1. The van der Waals surface area contributed by atoms with E-state index < -0.39 is 11.9 Å². The van der Waals surface area contributed by atoms with E-state index >= 15 is 0 Å². The first-order valence-corrected chi connectivity index (χ1v) is 11.6. The Kier molecular flexibility index (Phi) is 7.39. The molecule has 2 aliphatic rings. The normalized spacial score (nSPS) is 20.1. The van der Waals surface area contributed by atoms with E-state index in [4.69, 9.17) is 25.8 Å². The van der Waals surface area contributed by atoms with Crippen molar-refractivity contribution in [3.8, 4) is 5.75 Å². The number of carbonyl (C=O) groups excluding carboxylic acids is 2. The SMILES string of the molecule is COCCOC(=O)C1=C(C)NC2=C(C(=O)C[C@@H](c3ccc(OC)cc3)C2)[C@H]1c1ccc(Cl)cc1. The predicted molar refractivity (Wildman–Crippen MR) is 130 cm³/mol. The van der Waals surface area contributed by atoms with Gasteiger partial charge in [-0.3, -0.25) is 4.79 Å². The molecule has 178 valence electrons. The molecule has 0 unspecified atom stereocenters. The zero-order valence-corrected chi connectivity index (χ0v) is 20.3. The van der Waals surface area contributed by atoms with Crippen molar-refractivity contribution >= 4 is 23.4 Å². The number of halogens is 1. The fourth-order valence-corrected chi connectivity index (χ4v) is 4.83. The minimum absolute atomic E-state index is 0.0178. The number of rotatable bonds is 7. The second-order valence-electron chi connectivity index (χ2n) is 8.47. The van der Waals surface area contributed by atoms with Crippen LogP contribution in [0.1, 0.15) is 42.7 Å². The number of hydrogen-bond acceptors (Lipinski definition) is 6. The van der Waals surface area contributed by atoms with Crippen LogP contribution in [-0.2, 0) is 19.1 Å². The summed E-state index contributed by atoms with van der Waals surface area (Å²) in [4.78, 5) is 26.7. The molecular weight excluding hydrogens is 454 g/mol. The number of benzene rings is 2. The lowest BCUT2D eigenvalue weighted by Crippen LogP contribution is -2.36. The Morgan fingerprint density at radius 1 is 1.00 bits per heavy atom. The van der Waals surface area contributed by atoms with Gasteiger partial charge in [-0.25, -0.2) is 4.79 Å². The summed E-state index contributed by atoms with van der Waals surface area (Å²) in [5.41, 5.74) is 4.50. The Labute approximate surface area is 204 Å². The number of Topliss-reactive ketones (excluding diaryl/α,β-unsaturated/α-hetero) is 1. The topological polar surface area (TPSA) is 73.9 Å². The maximum absolute atomic E-state index is 13.6. The number of allylic oxidation sites excluding steroid dienone is 3. The molecule has 0 fully saturated rings. The highest BCUT2D eigenvalue weighted by Crippen LogP contribution is 2.46. The number of nitrogens with one attached hydrogen (secondary N) is 1. The minimum Gasteiger partial charge on any atom is -0.497 e. The Balaban J connectivity index is 1.72. The van der Waals surface area contributed by atoms with Crippen LogP contribution in [0.2, 0.25) is 5.02 Å². The summed E-state index contributed by atoms with van der Waals surface area (Å²) < 4.78 is 15.7. The van der Waals surface area contributed by atoms with Crippen molar-refractivity contribution in [2.75, 3.05) is 27.4 Å². The lowest BCUT2D eigenvalue weighted by molar-refractivity contribution is -0.140. The quantitative estimate of drug-likeness (QED) is 0.448. The summed E-state index contributed by atoms with van der Waals surface area (Å²) >= 11 is 6.12. The summed E-state index contributed by atoms with van der Waals surface area (Å²) in [6.45, 7) is 2.29. The molecular formula is C27H28ClNO5. The van der Waals surface area contributed by atoms with Crippen LogP contribution in [0.4, 0.5) is 0 Å². The molecule has 4 rings (SSSR count). The van der Waals surface area contributed by atoms with Gasteiger partial charge in [-0.05, 0) is 54.7 Å². The first-order valence-electron chi connectivity index (χ1n) is 11.2. The van der Waals surface area contributed by atoms with E-state index in [2.05, 4.69) is 5.32 Å². The maximum Gasteiger partial charge on any atom is 0.336 e. The van der Waals surface area contributed by atoms with Gasteiger partial charge >= 0.3 is 5.97 Å². The molecule has 2 aromatic rings. The summed E-state index contributed by atoms with van der Waals surface area (Å²) in [6, 6.07) is 15.1. The fraction of sp³-hybridized carbons (Fsp3) is 0.333. The zero-order chi connectivity index (χ0) is 24.2. The molecule has 0 aromatic heterocycles. The van der Waals surface area contributed by atoms with Gasteiger partial charge in [0.1, 0.15) is 12.4 Å². The molecule has 1 heterocycles. The van der Waals surface area contributed by atoms with Gasteiger partial charge in [0.25, 0.3) is 0 Å². The second-order valence-corrected chi connectivity index (χ2v) is 8.91. The molecule has 0 saturated carbocycles. The van der Waals surface area contributed by atoms with E-state index in [1.165, 1.54) is 0 Å². The lowest BCUT2D eigenvalue weighted by Gasteiger charge is -2.36. The largest absolute Gasteiger partial charge is 0.497 e. The number of ether oxygens (including phenoxy) is 3. The molecule has 34 heavy (non-hydrogen) atoms. The minimum atomic E-state index is -0.520. The van der Waals surface area contributed by atoms with Gasteiger partial charge in [0.2, 0.25) is 0 Å². The van der Waals surface area contributed by atoms with Crippen molar-refractivity contribution in [3.05, 3.63) is 87.2 Å². The van der Waals surface area contributed by atoms with Crippen LogP contribution in [0.5, 0.6) is 5.75 Å². The molecule has 0 radical (unpaired) electrons. The number of methoxy groups -OCH3 is 2. The molecule has 6 nitrogen and oxygen atoms in total. The lowest BCUT2D eigenvalue weighted by atomic mass is 9.72. The predicted octanol–water partition coefficient (Wildman–Crippen LogP) is 4.90. The van der Waals surface area contributed by atoms with Crippen LogP contribution >= 0.6 is 11.6 Å². The maximum atomic E-state index is 13.6.